The van der Waals surface area contributed by atoms with Gasteiger partial charge < -0.3 is 15.7 Å². The van der Waals surface area contributed by atoms with Gasteiger partial charge in [0, 0.05) is 19.3 Å². The van der Waals surface area contributed by atoms with Crippen molar-refractivity contribution >= 4 is 5.69 Å². The largest absolute Gasteiger partial charge is 0.394 e. The fraction of sp³-hybridized carbons (Fsp3) is 0.500. The van der Waals surface area contributed by atoms with E-state index in [9.17, 15) is 5.11 Å². The summed E-state index contributed by atoms with van der Waals surface area (Å²) >= 11 is 0. The van der Waals surface area contributed by atoms with Gasteiger partial charge in [0.05, 0.1) is 12.6 Å². The SMILES string of the molecule is Cc1cc(C)cc(N(C)C(CN)CO)c1. The Morgan fingerprint density at radius 1 is 1.27 bits per heavy atom. The molecule has 0 heterocycles. The maximum atomic E-state index is 9.17. The van der Waals surface area contributed by atoms with Crippen molar-refractivity contribution in [2.45, 2.75) is 19.9 Å². The molecule has 0 saturated heterocycles. The van der Waals surface area contributed by atoms with Gasteiger partial charge in [0.2, 0.25) is 0 Å². The number of likely N-dealkylation sites (N-methyl/N-ethyl adjacent to an activating group) is 1. The Kier molecular flexibility index (Phi) is 4.12. The van der Waals surface area contributed by atoms with Crippen molar-refractivity contribution in [3.63, 3.8) is 0 Å². The van der Waals surface area contributed by atoms with E-state index in [-0.39, 0.29) is 12.6 Å². The zero-order valence-electron chi connectivity index (χ0n) is 9.70. The van der Waals surface area contributed by atoms with Crippen molar-refractivity contribution in [2.75, 3.05) is 25.1 Å². The molecular formula is C12H20N2O. The monoisotopic (exact) mass is 208 g/mol. The number of benzene rings is 1. The smallest absolute Gasteiger partial charge is 0.0647 e. The second-order valence-corrected chi connectivity index (χ2v) is 4.03. The average Bonchev–Trinajstić information content (AvgIpc) is 2.18. The minimum Gasteiger partial charge on any atom is -0.394 e. The maximum absolute atomic E-state index is 9.17. The molecule has 0 aliphatic heterocycles. The number of aryl methyl sites for hydroxylation is 2. The lowest BCUT2D eigenvalue weighted by molar-refractivity contribution is 0.265. The summed E-state index contributed by atoms with van der Waals surface area (Å²) in [7, 11) is 1.96. The van der Waals surface area contributed by atoms with Crippen molar-refractivity contribution < 1.29 is 5.11 Å². The summed E-state index contributed by atoms with van der Waals surface area (Å²) in [5.74, 6) is 0. The highest BCUT2D eigenvalue weighted by molar-refractivity contribution is 5.51. The first kappa shape index (κ1) is 12.0. The van der Waals surface area contributed by atoms with Crippen LogP contribution in [0.1, 0.15) is 11.1 Å². The van der Waals surface area contributed by atoms with Crippen LogP contribution in [0.15, 0.2) is 18.2 Å². The Labute approximate surface area is 91.5 Å². The van der Waals surface area contributed by atoms with Gasteiger partial charge in [-0.3, -0.25) is 0 Å². The minimum atomic E-state index is -0.00815. The summed E-state index contributed by atoms with van der Waals surface area (Å²) in [5, 5.41) is 9.17. The molecule has 0 aromatic heterocycles. The summed E-state index contributed by atoms with van der Waals surface area (Å²) in [6.45, 7) is 4.68. The summed E-state index contributed by atoms with van der Waals surface area (Å²) < 4.78 is 0. The number of aliphatic hydroxyl groups is 1. The summed E-state index contributed by atoms with van der Waals surface area (Å²) in [6.07, 6.45) is 0. The van der Waals surface area contributed by atoms with Crippen LogP contribution in [0.2, 0.25) is 0 Å². The molecule has 0 spiro atoms. The van der Waals surface area contributed by atoms with E-state index in [4.69, 9.17) is 5.73 Å². The van der Waals surface area contributed by atoms with E-state index < -0.39 is 0 Å². The third kappa shape index (κ3) is 2.94. The lowest BCUT2D eigenvalue weighted by Crippen LogP contribution is -2.40. The van der Waals surface area contributed by atoms with Crippen LogP contribution in [0.5, 0.6) is 0 Å². The third-order valence-corrected chi connectivity index (χ3v) is 2.64. The van der Waals surface area contributed by atoms with Crippen molar-refractivity contribution in [3.05, 3.63) is 29.3 Å². The number of nitrogens with zero attached hydrogens (tertiary/aromatic N) is 1. The van der Waals surface area contributed by atoms with Crippen molar-refractivity contribution in [3.8, 4) is 0 Å². The number of nitrogens with two attached hydrogens (primary N) is 1. The van der Waals surface area contributed by atoms with Crippen LogP contribution in [0.3, 0.4) is 0 Å². The molecule has 3 nitrogen and oxygen atoms in total. The van der Waals surface area contributed by atoms with Crippen LogP contribution < -0.4 is 10.6 Å². The average molecular weight is 208 g/mol. The fourth-order valence-corrected chi connectivity index (χ4v) is 1.72. The normalized spacial score (nSPS) is 12.6. The first-order valence-electron chi connectivity index (χ1n) is 5.20. The highest BCUT2D eigenvalue weighted by Crippen LogP contribution is 2.19. The van der Waals surface area contributed by atoms with Gasteiger partial charge in [-0.15, -0.1) is 0 Å². The Morgan fingerprint density at radius 3 is 2.20 bits per heavy atom. The van der Waals surface area contributed by atoms with Crippen molar-refractivity contribution in [1.82, 2.24) is 0 Å². The highest BCUT2D eigenvalue weighted by Gasteiger charge is 2.12. The van der Waals surface area contributed by atoms with Gasteiger partial charge in [0.25, 0.3) is 0 Å². The first-order valence-corrected chi connectivity index (χ1v) is 5.20. The second-order valence-electron chi connectivity index (χ2n) is 4.03. The minimum absolute atomic E-state index is 0.00815. The van der Waals surface area contributed by atoms with Gasteiger partial charge in [-0.05, 0) is 37.1 Å². The lowest BCUT2D eigenvalue weighted by Gasteiger charge is -2.28. The molecule has 3 N–H and O–H groups in total. The van der Waals surface area contributed by atoms with Crippen LogP contribution in [-0.2, 0) is 0 Å². The molecule has 1 rings (SSSR count). The Bertz CT molecular complexity index is 301. The molecule has 0 aliphatic carbocycles. The van der Waals surface area contributed by atoms with E-state index in [0.29, 0.717) is 6.54 Å². The van der Waals surface area contributed by atoms with Crippen LogP contribution in [0.4, 0.5) is 5.69 Å². The lowest BCUT2D eigenvalue weighted by atomic mass is 10.1. The van der Waals surface area contributed by atoms with E-state index in [1.54, 1.807) is 0 Å². The molecule has 1 atom stereocenters. The maximum Gasteiger partial charge on any atom is 0.0647 e. The molecule has 0 aliphatic rings. The molecule has 0 amide bonds. The van der Waals surface area contributed by atoms with E-state index in [2.05, 4.69) is 32.0 Å². The summed E-state index contributed by atoms with van der Waals surface area (Å²) in [5.41, 5.74) is 9.16. The van der Waals surface area contributed by atoms with Gasteiger partial charge >= 0.3 is 0 Å². The van der Waals surface area contributed by atoms with E-state index >= 15 is 0 Å². The number of aliphatic hydroxyl groups excluding tert-OH is 1. The van der Waals surface area contributed by atoms with E-state index in [1.807, 2.05) is 11.9 Å². The summed E-state index contributed by atoms with van der Waals surface area (Å²) in [4.78, 5) is 2.03. The van der Waals surface area contributed by atoms with Crippen LogP contribution in [-0.4, -0.2) is 31.3 Å². The Balaban J connectivity index is 2.94. The predicted molar refractivity (Wildman–Crippen MR) is 64.2 cm³/mol. The molecule has 1 aromatic rings. The number of hydrogen-bond donors (Lipinski definition) is 2. The number of rotatable bonds is 4. The van der Waals surface area contributed by atoms with E-state index in [0.717, 1.165) is 5.69 Å². The van der Waals surface area contributed by atoms with Crippen LogP contribution >= 0.6 is 0 Å². The molecule has 1 unspecified atom stereocenters. The molecule has 0 bridgehead atoms. The molecule has 0 radical (unpaired) electrons. The van der Waals surface area contributed by atoms with E-state index in [1.165, 1.54) is 11.1 Å². The zero-order valence-corrected chi connectivity index (χ0v) is 9.70. The molecule has 0 saturated carbocycles. The predicted octanol–water partition coefficient (Wildman–Crippen LogP) is 1.06. The first-order chi connectivity index (χ1) is 7.08. The molecule has 84 valence electrons. The molecule has 15 heavy (non-hydrogen) atoms. The van der Waals surface area contributed by atoms with Gasteiger partial charge in [0.15, 0.2) is 0 Å². The Hall–Kier alpha value is -1.06. The van der Waals surface area contributed by atoms with Crippen molar-refractivity contribution in [2.24, 2.45) is 5.73 Å². The summed E-state index contributed by atoms with van der Waals surface area (Å²) in [6, 6.07) is 6.33. The van der Waals surface area contributed by atoms with Gasteiger partial charge in [-0.1, -0.05) is 6.07 Å². The molecular weight excluding hydrogens is 188 g/mol. The van der Waals surface area contributed by atoms with Crippen molar-refractivity contribution in [1.29, 1.82) is 0 Å². The third-order valence-electron chi connectivity index (χ3n) is 2.64. The van der Waals surface area contributed by atoms with Crippen LogP contribution in [0.25, 0.3) is 0 Å². The standard InChI is InChI=1S/C12H20N2O/c1-9-4-10(2)6-11(5-9)14(3)12(7-13)8-15/h4-6,12,15H,7-8,13H2,1-3H3. The topological polar surface area (TPSA) is 49.5 Å². The second kappa shape index (κ2) is 5.14. The number of anilines is 1. The van der Waals surface area contributed by atoms with Gasteiger partial charge in [-0.25, -0.2) is 0 Å². The molecule has 0 fully saturated rings. The Morgan fingerprint density at radius 2 is 1.80 bits per heavy atom. The van der Waals surface area contributed by atoms with Gasteiger partial charge in [0.1, 0.15) is 0 Å². The number of hydrogen-bond acceptors (Lipinski definition) is 3. The van der Waals surface area contributed by atoms with Gasteiger partial charge in [-0.2, -0.15) is 0 Å². The zero-order chi connectivity index (χ0) is 11.4. The highest BCUT2D eigenvalue weighted by atomic mass is 16.3. The fourth-order valence-electron chi connectivity index (χ4n) is 1.72. The molecule has 3 heteroatoms. The molecule has 1 aromatic carbocycles. The quantitative estimate of drug-likeness (QED) is 0.778. The van der Waals surface area contributed by atoms with Crippen LogP contribution in [0, 0.1) is 13.8 Å².